The molecule has 0 aliphatic rings. The summed E-state index contributed by atoms with van der Waals surface area (Å²) < 4.78 is 45.9. The van der Waals surface area contributed by atoms with Crippen molar-refractivity contribution in [2.75, 3.05) is 6.61 Å². The van der Waals surface area contributed by atoms with Crippen molar-refractivity contribution in [2.24, 2.45) is 0 Å². The maximum atomic E-state index is 13.9. The predicted octanol–water partition coefficient (Wildman–Crippen LogP) is 7.66. The van der Waals surface area contributed by atoms with Crippen molar-refractivity contribution in [3.05, 3.63) is 132 Å². The van der Waals surface area contributed by atoms with Crippen LogP contribution in [0.4, 0.5) is 4.39 Å². The lowest BCUT2D eigenvalue weighted by molar-refractivity contribution is 0.0916. The molecule has 0 spiro atoms. The van der Waals surface area contributed by atoms with Gasteiger partial charge in [0.2, 0.25) is 0 Å². The van der Waals surface area contributed by atoms with Gasteiger partial charge in [0.15, 0.2) is 0 Å². The van der Waals surface area contributed by atoms with Gasteiger partial charge in [0.1, 0.15) is 17.3 Å². The van der Waals surface area contributed by atoms with Gasteiger partial charge in [0.25, 0.3) is 5.91 Å². The number of fused-ring (bicyclic) bond motifs is 1. The van der Waals surface area contributed by atoms with Crippen molar-refractivity contribution in [1.29, 1.82) is 0 Å². The summed E-state index contributed by atoms with van der Waals surface area (Å²) >= 11 is 1.37. The zero-order chi connectivity index (χ0) is 27.1. The largest absolute Gasteiger partial charge is 0.587 e. The molecule has 0 radical (unpaired) electrons. The molecule has 1 N–H and O–H groups in total. The van der Waals surface area contributed by atoms with Gasteiger partial charge in [-0.2, -0.15) is 0 Å². The number of phosphoric ester groups is 1. The number of carbonyl (C=O) groups excluding carboxylic acids is 1. The Morgan fingerprint density at radius 1 is 0.821 bits per heavy atom. The summed E-state index contributed by atoms with van der Waals surface area (Å²) in [6.07, 6.45) is 0.227. The highest BCUT2D eigenvalue weighted by molar-refractivity contribution is 7.49. The third-order valence-electron chi connectivity index (χ3n) is 5.71. The Morgan fingerprint density at radius 2 is 1.46 bits per heavy atom. The molecule has 0 aliphatic heterocycles. The quantitative estimate of drug-likeness (QED) is 0.168. The second kappa shape index (κ2) is 12.3. The van der Waals surface area contributed by atoms with Crippen molar-refractivity contribution in [3.8, 4) is 11.5 Å². The van der Waals surface area contributed by atoms with Crippen LogP contribution in [0, 0.1) is 5.82 Å². The van der Waals surface area contributed by atoms with Crippen molar-refractivity contribution in [2.45, 2.75) is 12.5 Å². The second-order valence-electron chi connectivity index (χ2n) is 8.70. The first kappa shape index (κ1) is 26.6. The molecule has 198 valence electrons. The number of benzene rings is 4. The fourth-order valence-electron chi connectivity index (χ4n) is 3.92. The Labute approximate surface area is 229 Å². The smallest absolute Gasteiger partial charge is 0.395 e. The Balaban J connectivity index is 1.38. The number of hydrogen-bond acceptors (Lipinski definition) is 6. The SMILES string of the molecule is O=C(N[C@@H](COP(=O)(Oc1ccccc1)Oc1ccccc1)Cc1cccc(F)c1)c1cc2ccccc2s1. The van der Waals surface area contributed by atoms with E-state index < -0.39 is 19.7 Å². The highest BCUT2D eigenvalue weighted by Gasteiger charge is 2.33. The van der Waals surface area contributed by atoms with E-state index in [1.807, 2.05) is 30.3 Å². The molecule has 1 atom stereocenters. The van der Waals surface area contributed by atoms with E-state index in [0.717, 1.165) is 10.1 Å². The molecule has 0 saturated carbocycles. The Hall–Kier alpha value is -3.97. The summed E-state index contributed by atoms with van der Waals surface area (Å²) in [4.78, 5) is 13.7. The molecule has 39 heavy (non-hydrogen) atoms. The molecule has 5 rings (SSSR count). The first-order chi connectivity index (χ1) is 19.0. The van der Waals surface area contributed by atoms with Crippen LogP contribution < -0.4 is 14.4 Å². The van der Waals surface area contributed by atoms with Crippen molar-refractivity contribution in [3.63, 3.8) is 0 Å². The van der Waals surface area contributed by atoms with Gasteiger partial charge in [0.05, 0.1) is 17.5 Å². The average molecular weight is 562 g/mol. The summed E-state index contributed by atoms with van der Waals surface area (Å²) in [5.41, 5.74) is 0.642. The number of nitrogens with one attached hydrogen (secondary N) is 1. The average Bonchev–Trinajstić information content (AvgIpc) is 3.38. The van der Waals surface area contributed by atoms with Crippen LogP contribution in [0.2, 0.25) is 0 Å². The maximum absolute atomic E-state index is 13.9. The van der Waals surface area contributed by atoms with Gasteiger partial charge in [-0.25, -0.2) is 8.96 Å². The molecule has 0 bridgehead atoms. The van der Waals surface area contributed by atoms with Crippen LogP contribution in [-0.2, 0) is 15.5 Å². The number of phosphoric acid groups is 1. The number of amides is 1. The molecular formula is C30H25FNO5PS. The normalized spacial score (nSPS) is 12.1. The van der Waals surface area contributed by atoms with Crippen molar-refractivity contribution >= 4 is 35.2 Å². The van der Waals surface area contributed by atoms with E-state index >= 15 is 0 Å². The van der Waals surface area contributed by atoms with Gasteiger partial charge >= 0.3 is 7.82 Å². The number of carbonyl (C=O) groups is 1. The first-order valence-corrected chi connectivity index (χ1v) is 14.5. The van der Waals surface area contributed by atoms with E-state index in [-0.39, 0.29) is 18.9 Å². The van der Waals surface area contributed by atoms with E-state index in [9.17, 15) is 13.8 Å². The Kier molecular flexibility index (Phi) is 8.37. The predicted molar refractivity (Wildman–Crippen MR) is 151 cm³/mol. The fourth-order valence-corrected chi connectivity index (χ4v) is 6.15. The standard InChI is InChI=1S/C30H25FNO5PS/c31-24-12-9-10-22(18-24)19-25(32-30(33)29-20-23-11-7-8-17-28(23)39-29)21-35-38(34,36-26-13-3-1-4-14-26)37-27-15-5-2-6-16-27/h1-18,20,25H,19,21H2,(H,32,33)/t25-/m1/s1. The van der Waals surface area contributed by atoms with Crippen LogP contribution in [0.5, 0.6) is 11.5 Å². The molecule has 5 aromatic rings. The topological polar surface area (TPSA) is 73.9 Å². The fraction of sp³-hybridized carbons (Fsp3) is 0.100. The maximum Gasteiger partial charge on any atom is 0.587 e. The molecule has 9 heteroatoms. The lowest BCUT2D eigenvalue weighted by atomic mass is 10.1. The monoisotopic (exact) mass is 561 g/mol. The molecule has 1 amide bonds. The van der Waals surface area contributed by atoms with E-state index in [1.54, 1.807) is 72.8 Å². The number of para-hydroxylation sites is 2. The lowest BCUT2D eigenvalue weighted by Crippen LogP contribution is -2.39. The van der Waals surface area contributed by atoms with Crippen LogP contribution in [0.3, 0.4) is 0 Å². The van der Waals surface area contributed by atoms with Crippen molar-refractivity contribution < 1.29 is 27.3 Å². The molecule has 0 saturated heterocycles. The van der Waals surface area contributed by atoms with Crippen LogP contribution in [0.25, 0.3) is 10.1 Å². The van der Waals surface area contributed by atoms with E-state index in [4.69, 9.17) is 13.6 Å². The zero-order valence-corrected chi connectivity index (χ0v) is 22.4. The van der Waals surface area contributed by atoms with Gasteiger partial charge < -0.3 is 14.4 Å². The highest BCUT2D eigenvalue weighted by atomic mass is 32.1. The number of thiophene rings is 1. The molecule has 4 aromatic carbocycles. The number of rotatable bonds is 11. The van der Waals surface area contributed by atoms with Crippen LogP contribution >= 0.6 is 19.2 Å². The lowest BCUT2D eigenvalue weighted by Gasteiger charge is -2.23. The van der Waals surface area contributed by atoms with E-state index in [1.165, 1.54) is 23.5 Å². The zero-order valence-electron chi connectivity index (χ0n) is 20.7. The van der Waals surface area contributed by atoms with Crippen molar-refractivity contribution in [1.82, 2.24) is 5.32 Å². The Morgan fingerprint density at radius 3 is 2.10 bits per heavy atom. The summed E-state index contributed by atoms with van der Waals surface area (Å²) in [6, 6.07) is 32.0. The highest BCUT2D eigenvalue weighted by Crippen LogP contribution is 2.49. The summed E-state index contributed by atoms with van der Waals surface area (Å²) in [5.74, 6) is -0.113. The second-order valence-corrected chi connectivity index (χ2v) is 11.3. The third kappa shape index (κ3) is 7.33. The van der Waals surface area contributed by atoms with Crippen LogP contribution in [-0.4, -0.2) is 18.6 Å². The number of halogens is 1. The van der Waals surface area contributed by atoms with E-state index in [2.05, 4.69) is 5.32 Å². The molecule has 1 heterocycles. The summed E-state index contributed by atoms with van der Waals surface area (Å²) in [5, 5.41) is 3.92. The molecule has 0 fully saturated rings. The molecule has 6 nitrogen and oxygen atoms in total. The third-order valence-corrected chi connectivity index (χ3v) is 8.16. The van der Waals surface area contributed by atoms with Gasteiger partial charge in [-0.3, -0.25) is 9.32 Å². The molecule has 0 unspecified atom stereocenters. The van der Waals surface area contributed by atoms with Gasteiger partial charge in [-0.15, -0.1) is 11.3 Å². The van der Waals surface area contributed by atoms with Gasteiger partial charge in [0, 0.05) is 4.70 Å². The Bertz CT molecular complexity index is 1520. The molecule has 0 aliphatic carbocycles. The van der Waals surface area contributed by atoms with Crippen LogP contribution in [0.15, 0.2) is 115 Å². The summed E-state index contributed by atoms with van der Waals surface area (Å²) in [6.45, 7) is -0.218. The minimum atomic E-state index is -4.19. The minimum absolute atomic E-state index is 0.218. The molecule has 1 aromatic heterocycles. The molecular weight excluding hydrogens is 536 g/mol. The van der Waals surface area contributed by atoms with E-state index in [0.29, 0.717) is 21.9 Å². The number of hydrogen-bond donors (Lipinski definition) is 1. The first-order valence-electron chi connectivity index (χ1n) is 12.2. The van der Waals surface area contributed by atoms with Gasteiger partial charge in [-0.05, 0) is 65.9 Å². The van der Waals surface area contributed by atoms with Gasteiger partial charge in [-0.1, -0.05) is 66.7 Å². The summed E-state index contributed by atoms with van der Waals surface area (Å²) in [7, 11) is -4.19. The van der Waals surface area contributed by atoms with Crippen LogP contribution in [0.1, 0.15) is 15.2 Å². The minimum Gasteiger partial charge on any atom is -0.395 e.